The Morgan fingerprint density at radius 3 is 2.71 bits per heavy atom. The van der Waals surface area contributed by atoms with Crippen molar-refractivity contribution in [2.24, 2.45) is 0 Å². The van der Waals surface area contributed by atoms with Crippen molar-refractivity contribution in [3.05, 3.63) is 80.2 Å². The lowest BCUT2D eigenvalue weighted by molar-refractivity contribution is 0.0970. The highest BCUT2D eigenvalue weighted by molar-refractivity contribution is 7.09. The molecule has 0 aliphatic carbocycles. The van der Waals surface area contributed by atoms with Gasteiger partial charge >= 0.3 is 0 Å². The molecule has 3 aromatic rings. The zero-order valence-corrected chi connectivity index (χ0v) is 14.7. The van der Waals surface area contributed by atoms with Crippen LogP contribution in [0.1, 0.15) is 26.6 Å². The van der Waals surface area contributed by atoms with Crippen LogP contribution in [0.2, 0.25) is 0 Å². The monoisotopic (exact) mass is 340 g/mol. The summed E-state index contributed by atoms with van der Waals surface area (Å²) in [5.41, 5.74) is 2.60. The van der Waals surface area contributed by atoms with Gasteiger partial charge in [-0.05, 0) is 43.8 Å². The molecule has 124 valence electrons. The Morgan fingerprint density at radius 1 is 1.17 bits per heavy atom. The maximum atomic E-state index is 12.6. The predicted molar refractivity (Wildman–Crippen MR) is 97.0 cm³/mol. The molecule has 4 nitrogen and oxygen atoms in total. The highest BCUT2D eigenvalue weighted by atomic mass is 32.1. The summed E-state index contributed by atoms with van der Waals surface area (Å²) in [6.45, 7) is 4.93. The Hall–Kier alpha value is -2.40. The molecule has 0 saturated heterocycles. The van der Waals surface area contributed by atoms with E-state index in [4.69, 9.17) is 0 Å². The summed E-state index contributed by atoms with van der Waals surface area (Å²) in [6, 6.07) is 11.0. The van der Waals surface area contributed by atoms with E-state index in [0.717, 1.165) is 24.4 Å². The van der Waals surface area contributed by atoms with Gasteiger partial charge in [-0.3, -0.25) is 9.59 Å². The van der Waals surface area contributed by atoms with E-state index in [1.807, 2.05) is 19.9 Å². The van der Waals surface area contributed by atoms with Gasteiger partial charge in [0, 0.05) is 40.6 Å². The molecule has 0 fully saturated rings. The second-order valence-corrected chi connectivity index (χ2v) is 6.89. The van der Waals surface area contributed by atoms with Gasteiger partial charge < -0.3 is 9.13 Å². The van der Waals surface area contributed by atoms with Crippen molar-refractivity contribution < 1.29 is 4.79 Å². The van der Waals surface area contributed by atoms with Crippen LogP contribution in [0.3, 0.4) is 0 Å². The first-order chi connectivity index (χ1) is 11.6. The number of pyridine rings is 1. The third kappa shape index (κ3) is 3.41. The van der Waals surface area contributed by atoms with Gasteiger partial charge in [-0.1, -0.05) is 12.1 Å². The Labute approximate surface area is 145 Å². The first kappa shape index (κ1) is 16.5. The molecule has 5 heteroatoms. The molecule has 3 rings (SSSR count). The van der Waals surface area contributed by atoms with E-state index in [0.29, 0.717) is 5.56 Å². The van der Waals surface area contributed by atoms with Crippen LogP contribution in [0.4, 0.5) is 0 Å². The summed E-state index contributed by atoms with van der Waals surface area (Å²) in [5, 5.41) is 2.08. The Balaban J connectivity index is 1.79. The van der Waals surface area contributed by atoms with E-state index in [1.165, 1.54) is 15.5 Å². The lowest BCUT2D eigenvalue weighted by Gasteiger charge is -2.09. The first-order valence-corrected chi connectivity index (χ1v) is 8.82. The van der Waals surface area contributed by atoms with Gasteiger partial charge in [0.15, 0.2) is 5.78 Å². The average molecular weight is 340 g/mol. The number of hydrogen-bond acceptors (Lipinski definition) is 3. The molecular formula is C19H20N2O2S. The van der Waals surface area contributed by atoms with Crippen LogP contribution < -0.4 is 5.56 Å². The van der Waals surface area contributed by atoms with Gasteiger partial charge in [-0.25, -0.2) is 0 Å². The lowest BCUT2D eigenvalue weighted by Crippen LogP contribution is -2.22. The molecule has 0 unspecified atom stereocenters. The van der Waals surface area contributed by atoms with Crippen LogP contribution in [0.5, 0.6) is 0 Å². The third-order valence-electron chi connectivity index (χ3n) is 4.25. The van der Waals surface area contributed by atoms with Crippen LogP contribution in [-0.2, 0) is 19.5 Å². The van der Waals surface area contributed by atoms with Crippen molar-refractivity contribution >= 4 is 17.1 Å². The Kier molecular flexibility index (Phi) is 4.81. The fourth-order valence-corrected chi connectivity index (χ4v) is 3.63. The molecule has 0 saturated carbocycles. The SMILES string of the molecule is Cc1cc(C(=O)Cn2ccccc2=O)c(C)n1CCc1cccs1. The topological polar surface area (TPSA) is 44.0 Å². The summed E-state index contributed by atoms with van der Waals surface area (Å²) in [4.78, 5) is 25.7. The van der Waals surface area contributed by atoms with Gasteiger partial charge in [-0.15, -0.1) is 11.3 Å². The molecular weight excluding hydrogens is 320 g/mol. The van der Waals surface area contributed by atoms with Crippen LogP contribution in [0, 0.1) is 13.8 Å². The number of aryl methyl sites for hydroxylation is 2. The number of rotatable bonds is 6. The molecule has 24 heavy (non-hydrogen) atoms. The van der Waals surface area contributed by atoms with Crippen LogP contribution in [0.15, 0.2) is 52.8 Å². The van der Waals surface area contributed by atoms with Gasteiger partial charge in [0.1, 0.15) is 0 Å². The normalized spacial score (nSPS) is 10.9. The van der Waals surface area contributed by atoms with Crippen molar-refractivity contribution in [3.8, 4) is 0 Å². The predicted octanol–water partition coefficient (Wildman–Crippen LogP) is 3.45. The maximum Gasteiger partial charge on any atom is 0.250 e. The molecule has 0 bridgehead atoms. The summed E-state index contributed by atoms with van der Waals surface area (Å²) in [5.74, 6) is -0.0289. The molecule has 0 aromatic carbocycles. The lowest BCUT2D eigenvalue weighted by atomic mass is 10.1. The van der Waals surface area contributed by atoms with E-state index in [9.17, 15) is 9.59 Å². The van der Waals surface area contributed by atoms with Crippen molar-refractivity contribution in [1.29, 1.82) is 0 Å². The minimum atomic E-state index is -0.155. The summed E-state index contributed by atoms with van der Waals surface area (Å²) < 4.78 is 3.63. The van der Waals surface area contributed by atoms with Crippen molar-refractivity contribution in [1.82, 2.24) is 9.13 Å². The quantitative estimate of drug-likeness (QED) is 0.645. The third-order valence-corrected chi connectivity index (χ3v) is 5.19. The van der Waals surface area contributed by atoms with Crippen LogP contribution >= 0.6 is 11.3 Å². The van der Waals surface area contributed by atoms with Gasteiger partial charge in [0.25, 0.3) is 5.56 Å². The number of Topliss-reactive ketones (excluding diaryl/α,β-unsaturated/α-hetero) is 1. The zero-order chi connectivity index (χ0) is 17.1. The standard InChI is InChI=1S/C19H20N2O2S/c1-14-12-17(18(22)13-20-9-4-3-7-19(20)23)15(2)21(14)10-8-16-6-5-11-24-16/h3-7,9,11-12H,8,10,13H2,1-2H3. The maximum absolute atomic E-state index is 12.6. The van der Waals surface area contributed by atoms with Gasteiger partial charge in [0.05, 0.1) is 6.54 Å². The highest BCUT2D eigenvalue weighted by Crippen LogP contribution is 2.18. The molecule has 3 aromatic heterocycles. The van der Waals surface area contributed by atoms with Crippen molar-refractivity contribution in [2.75, 3.05) is 0 Å². The minimum Gasteiger partial charge on any atom is -0.348 e. The fourth-order valence-electron chi connectivity index (χ4n) is 2.94. The van der Waals surface area contributed by atoms with Crippen LogP contribution in [0.25, 0.3) is 0 Å². The number of nitrogens with zero attached hydrogens (tertiary/aromatic N) is 2. The average Bonchev–Trinajstić information content (AvgIpc) is 3.16. The molecule has 0 spiro atoms. The van der Waals surface area contributed by atoms with E-state index in [1.54, 1.807) is 29.7 Å². The number of aromatic nitrogens is 2. The number of hydrogen-bond donors (Lipinski definition) is 0. The summed E-state index contributed by atoms with van der Waals surface area (Å²) in [7, 11) is 0. The molecule has 0 amide bonds. The molecule has 3 heterocycles. The van der Waals surface area contributed by atoms with Crippen molar-refractivity contribution in [3.63, 3.8) is 0 Å². The molecule has 0 radical (unpaired) electrons. The molecule has 0 aliphatic heterocycles. The first-order valence-electron chi connectivity index (χ1n) is 7.94. The zero-order valence-electron chi connectivity index (χ0n) is 13.9. The molecule has 0 aliphatic rings. The minimum absolute atomic E-state index is 0.0289. The molecule has 0 atom stereocenters. The van der Waals surface area contributed by atoms with Gasteiger partial charge in [0.2, 0.25) is 0 Å². The van der Waals surface area contributed by atoms with E-state index in [-0.39, 0.29) is 17.9 Å². The Morgan fingerprint density at radius 2 is 2.00 bits per heavy atom. The van der Waals surface area contributed by atoms with E-state index < -0.39 is 0 Å². The molecule has 0 N–H and O–H groups in total. The van der Waals surface area contributed by atoms with Gasteiger partial charge in [-0.2, -0.15) is 0 Å². The highest BCUT2D eigenvalue weighted by Gasteiger charge is 2.16. The summed E-state index contributed by atoms with van der Waals surface area (Å²) >= 11 is 1.75. The summed E-state index contributed by atoms with van der Waals surface area (Å²) in [6.07, 6.45) is 2.61. The number of carbonyl (C=O) groups excluding carboxylic acids is 1. The second-order valence-electron chi connectivity index (χ2n) is 5.86. The Bertz CT molecular complexity index is 904. The van der Waals surface area contributed by atoms with Crippen LogP contribution in [-0.4, -0.2) is 14.9 Å². The van der Waals surface area contributed by atoms with Crippen molar-refractivity contribution in [2.45, 2.75) is 33.4 Å². The fraction of sp³-hybridized carbons (Fsp3) is 0.263. The second kappa shape index (κ2) is 7.01. The number of carbonyl (C=O) groups is 1. The number of thiophene rings is 1. The smallest absolute Gasteiger partial charge is 0.250 e. The van der Waals surface area contributed by atoms with E-state index in [2.05, 4.69) is 22.1 Å². The number of ketones is 1. The largest absolute Gasteiger partial charge is 0.348 e. The van der Waals surface area contributed by atoms with E-state index >= 15 is 0 Å².